The van der Waals surface area contributed by atoms with Gasteiger partial charge < -0.3 is 4.90 Å². The van der Waals surface area contributed by atoms with Gasteiger partial charge in [-0.15, -0.1) is 0 Å². The van der Waals surface area contributed by atoms with E-state index in [9.17, 15) is 13.2 Å². The quantitative estimate of drug-likeness (QED) is 0.855. The highest BCUT2D eigenvalue weighted by Gasteiger charge is 2.25. The summed E-state index contributed by atoms with van der Waals surface area (Å²) in [4.78, 5) is 14.1. The smallest absolute Gasteiger partial charge is 0.222 e. The zero-order valence-electron chi connectivity index (χ0n) is 12.9. The van der Waals surface area contributed by atoms with Crippen LogP contribution in [0.25, 0.3) is 0 Å². The Morgan fingerprint density at radius 1 is 1.39 bits per heavy atom. The second kappa shape index (κ2) is 7.83. The minimum absolute atomic E-state index is 0.000966. The fourth-order valence-corrected chi connectivity index (χ4v) is 3.96. The summed E-state index contributed by atoms with van der Waals surface area (Å²) in [5.74, 6) is 0.000966. The maximum atomic E-state index is 12.4. The van der Waals surface area contributed by atoms with Crippen LogP contribution in [0.1, 0.15) is 24.8 Å². The number of aryl methyl sites for hydroxylation is 1. The van der Waals surface area contributed by atoms with Gasteiger partial charge in [-0.2, -0.15) is 0 Å². The topological polar surface area (TPSA) is 66.5 Å². The average molecular weight is 379 g/mol. The van der Waals surface area contributed by atoms with Crippen LogP contribution >= 0.6 is 23.2 Å². The first-order chi connectivity index (χ1) is 10.8. The Bertz CT molecular complexity index is 679. The molecule has 0 aromatic heterocycles. The summed E-state index contributed by atoms with van der Waals surface area (Å²) < 4.78 is 25.2. The van der Waals surface area contributed by atoms with Crippen LogP contribution in [0.3, 0.4) is 0 Å². The van der Waals surface area contributed by atoms with Gasteiger partial charge in [-0.3, -0.25) is 4.79 Å². The lowest BCUT2D eigenvalue weighted by atomic mass is 10.0. The third-order valence-electron chi connectivity index (χ3n) is 3.79. The van der Waals surface area contributed by atoms with Gasteiger partial charge in [0.1, 0.15) is 0 Å². The minimum Gasteiger partial charge on any atom is -0.341 e. The molecule has 1 aliphatic heterocycles. The molecule has 128 valence electrons. The van der Waals surface area contributed by atoms with Crippen LogP contribution in [-0.4, -0.2) is 44.6 Å². The molecule has 1 N–H and O–H groups in total. The zero-order chi connectivity index (χ0) is 17.0. The summed E-state index contributed by atoms with van der Waals surface area (Å²) in [5, 5.41) is 0.962. The SMILES string of the molecule is CS(=O)(=O)N[C@@H]1CCCN(C(=O)CCc2cccc(Cl)c2Cl)C1. The Morgan fingerprint density at radius 2 is 2.13 bits per heavy atom. The maximum Gasteiger partial charge on any atom is 0.222 e. The van der Waals surface area contributed by atoms with Crippen LogP contribution in [0.15, 0.2) is 18.2 Å². The van der Waals surface area contributed by atoms with E-state index in [1.165, 1.54) is 0 Å². The van der Waals surface area contributed by atoms with Crippen molar-refractivity contribution in [1.82, 2.24) is 9.62 Å². The Hall–Kier alpha value is -0.820. The number of hydrogen-bond donors (Lipinski definition) is 1. The largest absolute Gasteiger partial charge is 0.341 e. The standard InChI is InChI=1S/C15H20Cl2N2O3S/c1-23(21,22)18-12-5-3-9-19(10-12)14(20)8-7-11-4-2-6-13(16)15(11)17/h2,4,6,12,18H,3,5,7-10H2,1H3/t12-/m1/s1. The lowest BCUT2D eigenvalue weighted by molar-refractivity contribution is -0.132. The van der Waals surface area contributed by atoms with Crippen molar-refractivity contribution < 1.29 is 13.2 Å². The number of sulfonamides is 1. The van der Waals surface area contributed by atoms with Gasteiger partial charge in [-0.05, 0) is 30.9 Å². The first-order valence-corrected chi connectivity index (χ1v) is 10.1. The molecule has 23 heavy (non-hydrogen) atoms. The molecular formula is C15H20Cl2N2O3S. The fourth-order valence-electron chi connectivity index (χ4n) is 2.74. The molecule has 0 saturated carbocycles. The van der Waals surface area contributed by atoms with E-state index < -0.39 is 10.0 Å². The lowest BCUT2D eigenvalue weighted by Gasteiger charge is -2.32. The van der Waals surface area contributed by atoms with E-state index in [2.05, 4.69) is 4.72 Å². The highest BCUT2D eigenvalue weighted by Crippen LogP contribution is 2.26. The molecule has 0 radical (unpaired) electrons. The number of carbonyl (C=O) groups excluding carboxylic acids is 1. The van der Waals surface area contributed by atoms with Gasteiger partial charge in [0.25, 0.3) is 0 Å². The zero-order valence-corrected chi connectivity index (χ0v) is 15.2. The van der Waals surface area contributed by atoms with Gasteiger partial charge in [0.05, 0.1) is 16.3 Å². The van der Waals surface area contributed by atoms with Crippen LogP contribution in [0.4, 0.5) is 0 Å². The fraction of sp³-hybridized carbons (Fsp3) is 0.533. The number of rotatable bonds is 5. The predicted molar refractivity (Wildman–Crippen MR) is 92.4 cm³/mol. The second-order valence-electron chi connectivity index (χ2n) is 5.78. The molecule has 1 heterocycles. The van der Waals surface area contributed by atoms with Crippen LogP contribution in [0, 0.1) is 0 Å². The van der Waals surface area contributed by atoms with Gasteiger partial charge in [0, 0.05) is 25.6 Å². The summed E-state index contributed by atoms with van der Waals surface area (Å²) in [5.41, 5.74) is 0.843. The van der Waals surface area contributed by atoms with Crippen LogP contribution in [-0.2, 0) is 21.2 Å². The van der Waals surface area contributed by atoms with Crippen molar-refractivity contribution >= 4 is 39.1 Å². The average Bonchev–Trinajstić information content (AvgIpc) is 2.47. The molecular weight excluding hydrogens is 359 g/mol. The van der Waals surface area contributed by atoms with Crippen LogP contribution < -0.4 is 4.72 Å². The molecule has 0 spiro atoms. The van der Waals surface area contributed by atoms with Gasteiger partial charge in [0.15, 0.2) is 0 Å². The van der Waals surface area contributed by atoms with Crippen molar-refractivity contribution in [3.05, 3.63) is 33.8 Å². The Labute approximate surface area is 147 Å². The maximum absolute atomic E-state index is 12.4. The van der Waals surface area contributed by atoms with E-state index in [1.54, 1.807) is 17.0 Å². The van der Waals surface area contributed by atoms with Crippen LogP contribution in [0.2, 0.25) is 10.0 Å². The number of nitrogens with zero attached hydrogens (tertiary/aromatic N) is 1. The Balaban J connectivity index is 1.91. The number of likely N-dealkylation sites (tertiary alicyclic amines) is 1. The molecule has 1 atom stereocenters. The summed E-state index contributed by atoms with van der Waals surface area (Å²) in [6.45, 7) is 1.07. The molecule has 8 heteroatoms. The third-order valence-corrected chi connectivity index (χ3v) is 5.41. The molecule has 2 rings (SSSR count). The number of piperidine rings is 1. The number of amides is 1. The van der Waals surface area contributed by atoms with Crippen molar-refractivity contribution in [3.8, 4) is 0 Å². The monoisotopic (exact) mass is 378 g/mol. The van der Waals surface area contributed by atoms with Gasteiger partial charge in [-0.25, -0.2) is 13.1 Å². The molecule has 1 aromatic rings. The van der Waals surface area contributed by atoms with E-state index in [-0.39, 0.29) is 11.9 Å². The van der Waals surface area contributed by atoms with Gasteiger partial charge in [0.2, 0.25) is 15.9 Å². The number of carbonyl (C=O) groups is 1. The number of benzene rings is 1. The molecule has 0 aliphatic carbocycles. The van der Waals surface area contributed by atoms with E-state index in [0.29, 0.717) is 36.0 Å². The summed E-state index contributed by atoms with van der Waals surface area (Å²) >= 11 is 12.1. The number of hydrogen-bond acceptors (Lipinski definition) is 3. The third kappa shape index (κ3) is 5.64. The predicted octanol–water partition coefficient (Wildman–Crippen LogP) is 2.47. The van der Waals surface area contributed by atoms with E-state index in [0.717, 1.165) is 24.7 Å². The number of halogens is 2. The van der Waals surface area contributed by atoms with E-state index >= 15 is 0 Å². The second-order valence-corrected chi connectivity index (χ2v) is 8.35. The molecule has 0 unspecified atom stereocenters. The summed E-state index contributed by atoms with van der Waals surface area (Å²) in [6, 6.07) is 5.16. The Kier molecular flexibility index (Phi) is 6.31. The molecule has 1 fully saturated rings. The molecule has 1 amide bonds. The summed E-state index contributed by atoms with van der Waals surface area (Å²) in [6.07, 6.45) is 3.51. The van der Waals surface area contributed by atoms with Crippen molar-refractivity contribution in [3.63, 3.8) is 0 Å². The highest BCUT2D eigenvalue weighted by molar-refractivity contribution is 7.88. The lowest BCUT2D eigenvalue weighted by Crippen LogP contribution is -2.49. The van der Waals surface area contributed by atoms with Crippen molar-refractivity contribution in [2.24, 2.45) is 0 Å². The van der Waals surface area contributed by atoms with Gasteiger partial charge >= 0.3 is 0 Å². The molecule has 1 saturated heterocycles. The first kappa shape index (κ1) is 18.5. The number of nitrogens with one attached hydrogen (secondary N) is 1. The van der Waals surface area contributed by atoms with Crippen molar-refractivity contribution in [2.75, 3.05) is 19.3 Å². The molecule has 0 bridgehead atoms. The normalized spacial score (nSPS) is 18.9. The highest BCUT2D eigenvalue weighted by atomic mass is 35.5. The first-order valence-electron chi connectivity index (χ1n) is 7.44. The summed E-state index contributed by atoms with van der Waals surface area (Å²) in [7, 11) is -3.26. The van der Waals surface area contributed by atoms with Crippen LogP contribution in [0.5, 0.6) is 0 Å². The molecule has 1 aliphatic rings. The van der Waals surface area contributed by atoms with E-state index in [4.69, 9.17) is 23.2 Å². The molecule has 1 aromatic carbocycles. The van der Waals surface area contributed by atoms with Crippen molar-refractivity contribution in [2.45, 2.75) is 31.7 Å². The van der Waals surface area contributed by atoms with Gasteiger partial charge in [-0.1, -0.05) is 35.3 Å². The van der Waals surface area contributed by atoms with Crippen molar-refractivity contribution in [1.29, 1.82) is 0 Å². The molecule has 5 nitrogen and oxygen atoms in total. The Morgan fingerprint density at radius 3 is 2.83 bits per heavy atom. The van der Waals surface area contributed by atoms with E-state index in [1.807, 2.05) is 6.07 Å². The minimum atomic E-state index is -3.26.